The van der Waals surface area contributed by atoms with Gasteiger partial charge in [-0.05, 0) is 41.3 Å². The van der Waals surface area contributed by atoms with Crippen molar-refractivity contribution in [2.24, 2.45) is 0 Å². The predicted octanol–water partition coefficient (Wildman–Crippen LogP) is 0.883. The molecule has 0 radical (unpaired) electrons. The molecule has 1 N–H and O–H groups in total. The summed E-state index contributed by atoms with van der Waals surface area (Å²) >= 11 is 0. The van der Waals surface area contributed by atoms with Crippen LogP contribution in [0.15, 0.2) is 0 Å². The highest BCUT2D eigenvalue weighted by atomic mass is 16.5. The number of hydrogen-bond acceptors (Lipinski definition) is 5. The number of likely N-dealkylation sites (N-methyl/N-ethyl adjacent to an activating group) is 2. The first kappa shape index (κ1) is 17.4. The van der Waals surface area contributed by atoms with E-state index in [9.17, 15) is 4.79 Å². The minimum absolute atomic E-state index is 0.232. The Balaban J connectivity index is 4.60. The molecular weight excluding hydrogens is 232 g/mol. The zero-order chi connectivity index (χ0) is 14.3. The first-order chi connectivity index (χ1) is 8.32. The molecule has 0 heterocycles. The van der Waals surface area contributed by atoms with Gasteiger partial charge in [-0.3, -0.25) is 9.69 Å². The molecule has 0 rings (SSSR count). The van der Waals surface area contributed by atoms with Gasteiger partial charge in [0.1, 0.15) is 5.54 Å². The number of nitrogens with one attached hydrogen (secondary N) is 1. The van der Waals surface area contributed by atoms with E-state index in [1.165, 1.54) is 7.11 Å². The Morgan fingerprint density at radius 3 is 2.28 bits per heavy atom. The number of hydrogen-bond donors (Lipinski definition) is 1. The van der Waals surface area contributed by atoms with Gasteiger partial charge in [0.2, 0.25) is 0 Å². The van der Waals surface area contributed by atoms with Crippen molar-refractivity contribution in [2.45, 2.75) is 44.8 Å². The fourth-order valence-corrected chi connectivity index (χ4v) is 2.04. The maximum absolute atomic E-state index is 11.8. The quantitative estimate of drug-likeness (QED) is 0.657. The second-order valence-corrected chi connectivity index (χ2v) is 5.10. The Bertz CT molecular complexity index is 261. The van der Waals surface area contributed by atoms with Gasteiger partial charge in [0.05, 0.1) is 13.7 Å². The van der Waals surface area contributed by atoms with Crippen LogP contribution >= 0.6 is 0 Å². The van der Waals surface area contributed by atoms with Crippen molar-refractivity contribution in [1.29, 1.82) is 0 Å². The summed E-state index contributed by atoms with van der Waals surface area (Å²) in [6.07, 6.45) is 0.681. The lowest BCUT2D eigenvalue weighted by atomic mass is 9.93. The van der Waals surface area contributed by atoms with E-state index in [1.54, 1.807) is 14.2 Å². The Morgan fingerprint density at radius 2 is 1.89 bits per heavy atom. The Labute approximate surface area is 111 Å². The smallest absolute Gasteiger partial charge is 0.325 e. The number of methoxy groups -OCH3 is 2. The molecule has 18 heavy (non-hydrogen) atoms. The summed E-state index contributed by atoms with van der Waals surface area (Å²) < 4.78 is 10.0. The van der Waals surface area contributed by atoms with E-state index in [1.807, 2.05) is 14.0 Å². The van der Waals surface area contributed by atoms with Crippen LogP contribution in [0.2, 0.25) is 0 Å². The van der Waals surface area contributed by atoms with Gasteiger partial charge in [-0.2, -0.15) is 0 Å². The van der Waals surface area contributed by atoms with Crippen LogP contribution in [0.3, 0.4) is 0 Å². The molecule has 0 fully saturated rings. The summed E-state index contributed by atoms with van der Waals surface area (Å²) in [5, 5.41) is 3.05. The average molecular weight is 260 g/mol. The van der Waals surface area contributed by atoms with Crippen LogP contribution < -0.4 is 5.32 Å². The first-order valence-electron chi connectivity index (χ1n) is 6.30. The van der Waals surface area contributed by atoms with Crippen molar-refractivity contribution in [3.63, 3.8) is 0 Å². The van der Waals surface area contributed by atoms with Gasteiger partial charge < -0.3 is 14.8 Å². The summed E-state index contributed by atoms with van der Waals surface area (Å²) in [5.74, 6) is -0.232. The van der Waals surface area contributed by atoms with Gasteiger partial charge in [0.15, 0.2) is 0 Å². The van der Waals surface area contributed by atoms with Crippen molar-refractivity contribution in [1.82, 2.24) is 10.2 Å². The molecular formula is C13H28N2O3. The molecule has 0 aromatic rings. The van der Waals surface area contributed by atoms with Crippen LogP contribution in [-0.4, -0.2) is 63.4 Å². The fourth-order valence-electron chi connectivity index (χ4n) is 2.04. The number of ether oxygens (including phenoxy) is 2. The molecule has 3 unspecified atom stereocenters. The fraction of sp³-hybridized carbons (Fsp3) is 0.923. The van der Waals surface area contributed by atoms with Gasteiger partial charge in [0.25, 0.3) is 0 Å². The minimum atomic E-state index is -0.658. The standard InChI is InChI=1S/C13H28N2O3/c1-10(15(5)11(2)9-17-6)8-13(3,14-4)12(16)18-7/h10-11,14H,8-9H2,1-7H3. The SMILES string of the molecule is CNC(C)(CC(C)N(C)C(C)COC)C(=O)OC. The molecule has 0 amide bonds. The van der Waals surface area contributed by atoms with Gasteiger partial charge in [-0.1, -0.05) is 0 Å². The third-order valence-corrected chi connectivity index (χ3v) is 3.69. The highest BCUT2D eigenvalue weighted by Gasteiger charge is 2.35. The van der Waals surface area contributed by atoms with Gasteiger partial charge in [-0.15, -0.1) is 0 Å². The van der Waals surface area contributed by atoms with Crippen molar-refractivity contribution < 1.29 is 14.3 Å². The van der Waals surface area contributed by atoms with Crippen LogP contribution in [0.5, 0.6) is 0 Å². The van der Waals surface area contributed by atoms with Crippen molar-refractivity contribution in [3.05, 3.63) is 0 Å². The summed E-state index contributed by atoms with van der Waals surface area (Å²) in [4.78, 5) is 14.0. The van der Waals surface area contributed by atoms with Crippen LogP contribution in [0.4, 0.5) is 0 Å². The van der Waals surface area contributed by atoms with Crippen LogP contribution in [0.1, 0.15) is 27.2 Å². The number of esters is 1. The van der Waals surface area contributed by atoms with E-state index in [0.29, 0.717) is 19.1 Å². The van der Waals surface area contributed by atoms with E-state index in [2.05, 4.69) is 24.1 Å². The molecule has 0 aromatic heterocycles. The van der Waals surface area contributed by atoms with E-state index in [4.69, 9.17) is 9.47 Å². The van der Waals surface area contributed by atoms with Gasteiger partial charge in [-0.25, -0.2) is 0 Å². The Hall–Kier alpha value is -0.650. The third kappa shape index (κ3) is 4.55. The first-order valence-corrected chi connectivity index (χ1v) is 6.30. The largest absolute Gasteiger partial charge is 0.468 e. The normalized spacial score (nSPS) is 18.2. The molecule has 0 bridgehead atoms. The molecule has 5 heteroatoms. The number of carbonyl (C=O) groups is 1. The second kappa shape index (κ2) is 7.71. The molecule has 0 aliphatic rings. The molecule has 3 atom stereocenters. The van der Waals surface area contributed by atoms with Crippen LogP contribution in [0.25, 0.3) is 0 Å². The maximum Gasteiger partial charge on any atom is 0.325 e. The topological polar surface area (TPSA) is 50.8 Å². The van der Waals surface area contributed by atoms with Gasteiger partial charge in [0, 0.05) is 19.2 Å². The molecule has 108 valence electrons. The van der Waals surface area contributed by atoms with Crippen molar-refractivity contribution in [2.75, 3.05) is 34.9 Å². The lowest BCUT2D eigenvalue weighted by molar-refractivity contribution is -0.148. The number of rotatable bonds is 8. The van der Waals surface area contributed by atoms with Crippen LogP contribution in [-0.2, 0) is 14.3 Å². The van der Waals surface area contributed by atoms with Crippen LogP contribution in [0, 0.1) is 0 Å². The molecule has 5 nitrogen and oxygen atoms in total. The third-order valence-electron chi connectivity index (χ3n) is 3.69. The lowest BCUT2D eigenvalue weighted by Gasteiger charge is -2.36. The van der Waals surface area contributed by atoms with Gasteiger partial charge >= 0.3 is 5.97 Å². The highest BCUT2D eigenvalue weighted by Crippen LogP contribution is 2.18. The monoisotopic (exact) mass is 260 g/mol. The molecule has 0 aromatic carbocycles. The summed E-state index contributed by atoms with van der Waals surface area (Å²) in [7, 11) is 6.94. The minimum Gasteiger partial charge on any atom is -0.468 e. The summed E-state index contributed by atoms with van der Waals surface area (Å²) in [6.45, 7) is 6.75. The van der Waals surface area contributed by atoms with E-state index >= 15 is 0 Å². The second-order valence-electron chi connectivity index (χ2n) is 5.10. The molecule has 0 spiro atoms. The summed E-state index contributed by atoms with van der Waals surface area (Å²) in [6, 6.07) is 0.551. The van der Waals surface area contributed by atoms with Crippen molar-refractivity contribution >= 4 is 5.97 Å². The Kier molecular flexibility index (Phi) is 7.43. The molecule has 0 aliphatic heterocycles. The highest BCUT2D eigenvalue weighted by molar-refractivity contribution is 5.80. The maximum atomic E-state index is 11.8. The zero-order valence-corrected chi connectivity index (χ0v) is 12.7. The summed E-state index contributed by atoms with van der Waals surface area (Å²) in [5.41, 5.74) is -0.658. The van der Waals surface area contributed by atoms with E-state index in [0.717, 1.165) is 0 Å². The van der Waals surface area contributed by atoms with E-state index < -0.39 is 5.54 Å². The number of carbonyl (C=O) groups excluding carboxylic acids is 1. The lowest BCUT2D eigenvalue weighted by Crippen LogP contribution is -2.53. The molecule has 0 saturated carbocycles. The molecule has 0 aliphatic carbocycles. The Morgan fingerprint density at radius 1 is 1.33 bits per heavy atom. The van der Waals surface area contributed by atoms with Crippen molar-refractivity contribution in [3.8, 4) is 0 Å². The molecule has 0 saturated heterocycles. The zero-order valence-electron chi connectivity index (χ0n) is 12.7. The van der Waals surface area contributed by atoms with E-state index in [-0.39, 0.29) is 12.0 Å². The predicted molar refractivity (Wildman–Crippen MR) is 72.7 cm³/mol. The number of nitrogens with zero attached hydrogens (tertiary/aromatic N) is 1. The average Bonchev–Trinajstić information content (AvgIpc) is 2.36.